The largest absolute Gasteiger partial charge is 0.393 e. The number of hydrogen-bond donors (Lipinski definition) is 4. The molecular weight excluding hydrogens is 222 g/mol. The Kier molecular flexibility index (Phi) is 3.58. The molecule has 0 radical (unpaired) electrons. The lowest BCUT2D eigenvalue weighted by Gasteiger charge is -2.25. The molecule has 0 bridgehead atoms. The molecule has 1 aromatic heterocycles. The van der Waals surface area contributed by atoms with E-state index in [2.05, 4.69) is 20.5 Å². The van der Waals surface area contributed by atoms with Crippen LogP contribution >= 0.6 is 0 Å². The van der Waals surface area contributed by atoms with E-state index < -0.39 is 0 Å². The van der Waals surface area contributed by atoms with Gasteiger partial charge in [0.1, 0.15) is 0 Å². The van der Waals surface area contributed by atoms with E-state index in [0.717, 1.165) is 25.7 Å². The van der Waals surface area contributed by atoms with Gasteiger partial charge in [-0.05, 0) is 25.2 Å². The first-order valence-corrected chi connectivity index (χ1v) is 5.79. The van der Waals surface area contributed by atoms with Crippen LogP contribution in [-0.2, 0) is 0 Å². The van der Waals surface area contributed by atoms with Gasteiger partial charge in [-0.3, -0.25) is 9.89 Å². The summed E-state index contributed by atoms with van der Waals surface area (Å²) in [7, 11) is 0. The fraction of sp³-hybridized carbons (Fsp3) is 0.700. The molecule has 0 aliphatic heterocycles. The van der Waals surface area contributed by atoms with Crippen molar-refractivity contribution in [2.75, 3.05) is 12.3 Å². The molecule has 94 valence electrons. The first-order chi connectivity index (χ1) is 8.15. The second-order valence-corrected chi connectivity index (χ2v) is 4.44. The van der Waals surface area contributed by atoms with Crippen molar-refractivity contribution in [3.63, 3.8) is 0 Å². The zero-order chi connectivity index (χ0) is 12.3. The summed E-state index contributed by atoms with van der Waals surface area (Å²) in [5.41, 5.74) is 5.31. The second kappa shape index (κ2) is 5.13. The summed E-state index contributed by atoms with van der Waals surface area (Å²) in [5.74, 6) is 0.208. The number of nitrogen functional groups attached to an aromatic ring is 1. The van der Waals surface area contributed by atoms with Crippen molar-refractivity contribution in [3.05, 3.63) is 5.82 Å². The molecule has 1 aliphatic rings. The van der Waals surface area contributed by atoms with Crippen molar-refractivity contribution in [1.82, 2.24) is 20.5 Å². The minimum absolute atomic E-state index is 0.0586. The maximum absolute atomic E-state index is 11.6. The van der Waals surface area contributed by atoms with Gasteiger partial charge in [0.05, 0.1) is 6.10 Å². The zero-order valence-electron chi connectivity index (χ0n) is 9.52. The number of carbonyl (C=O) groups excluding carboxylic acids is 1. The smallest absolute Gasteiger partial charge is 0.288 e. The van der Waals surface area contributed by atoms with Gasteiger partial charge in [0.25, 0.3) is 5.91 Å². The molecule has 1 amide bonds. The first-order valence-electron chi connectivity index (χ1n) is 5.79. The van der Waals surface area contributed by atoms with Crippen molar-refractivity contribution in [2.24, 2.45) is 5.92 Å². The highest BCUT2D eigenvalue weighted by Crippen LogP contribution is 2.23. The standard InChI is InChI=1S/C10H17N5O2/c11-10-13-8(14-15-10)9(17)12-5-6-2-1-3-7(16)4-6/h6-7,16H,1-5H2,(H,12,17)(H3,11,13,14,15). The lowest BCUT2D eigenvalue weighted by Crippen LogP contribution is -2.33. The summed E-state index contributed by atoms with van der Waals surface area (Å²) in [6.45, 7) is 0.552. The third kappa shape index (κ3) is 3.16. The molecule has 17 heavy (non-hydrogen) atoms. The monoisotopic (exact) mass is 239 g/mol. The van der Waals surface area contributed by atoms with Crippen LogP contribution in [0.15, 0.2) is 0 Å². The lowest BCUT2D eigenvalue weighted by atomic mass is 9.87. The summed E-state index contributed by atoms with van der Waals surface area (Å²) >= 11 is 0. The summed E-state index contributed by atoms with van der Waals surface area (Å²) in [4.78, 5) is 15.4. The maximum Gasteiger partial charge on any atom is 0.288 e. The number of rotatable bonds is 3. The Balaban J connectivity index is 1.80. The van der Waals surface area contributed by atoms with Gasteiger partial charge in [-0.25, -0.2) is 0 Å². The van der Waals surface area contributed by atoms with Crippen LogP contribution in [-0.4, -0.2) is 38.8 Å². The summed E-state index contributed by atoms with van der Waals surface area (Å²) in [5, 5.41) is 18.3. The number of anilines is 1. The van der Waals surface area contributed by atoms with Gasteiger partial charge in [0.2, 0.25) is 11.8 Å². The molecule has 7 heteroatoms. The molecule has 0 spiro atoms. The predicted octanol–water partition coefficient (Wildman–Crippen LogP) is -0.332. The van der Waals surface area contributed by atoms with Crippen molar-refractivity contribution in [1.29, 1.82) is 0 Å². The Morgan fingerprint density at radius 2 is 2.41 bits per heavy atom. The highest BCUT2D eigenvalue weighted by Gasteiger charge is 2.21. The Morgan fingerprint density at radius 1 is 1.59 bits per heavy atom. The van der Waals surface area contributed by atoms with E-state index in [-0.39, 0.29) is 23.8 Å². The first kappa shape index (κ1) is 11.8. The Labute approximate surface area is 98.8 Å². The average molecular weight is 239 g/mol. The van der Waals surface area contributed by atoms with Gasteiger partial charge in [-0.15, -0.1) is 5.10 Å². The summed E-state index contributed by atoms with van der Waals surface area (Å²) in [6.07, 6.45) is 3.43. The molecule has 0 saturated heterocycles. The number of carbonyl (C=O) groups is 1. The van der Waals surface area contributed by atoms with E-state index >= 15 is 0 Å². The zero-order valence-corrected chi connectivity index (χ0v) is 9.52. The van der Waals surface area contributed by atoms with Crippen LogP contribution in [0.3, 0.4) is 0 Å². The minimum Gasteiger partial charge on any atom is -0.393 e. The van der Waals surface area contributed by atoms with Gasteiger partial charge < -0.3 is 16.2 Å². The van der Waals surface area contributed by atoms with E-state index in [9.17, 15) is 9.90 Å². The molecule has 1 heterocycles. The molecule has 1 aliphatic carbocycles. The van der Waals surface area contributed by atoms with Crippen molar-refractivity contribution in [3.8, 4) is 0 Å². The van der Waals surface area contributed by atoms with Crippen LogP contribution in [0.25, 0.3) is 0 Å². The fourth-order valence-corrected chi connectivity index (χ4v) is 2.15. The topological polar surface area (TPSA) is 117 Å². The number of H-pyrrole nitrogens is 1. The van der Waals surface area contributed by atoms with Gasteiger partial charge in [0, 0.05) is 6.54 Å². The minimum atomic E-state index is -0.311. The molecule has 2 unspecified atom stereocenters. The number of hydrogen-bond acceptors (Lipinski definition) is 5. The third-order valence-corrected chi connectivity index (χ3v) is 3.02. The number of aromatic nitrogens is 3. The highest BCUT2D eigenvalue weighted by molar-refractivity contribution is 5.90. The van der Waals surface area contributed by atoms with Crippen LogP contribution < -0.4 is 11.1 Å². The van der Waals surface area contributed by atoms with Gasteiger partial charge in [-0.1, -0.05) is 6.42 Å². The van der Waals surface area contributed by atoms with Crippen LogP contribution in [0.4, 0.5) is 5.95 Å². The van der Waals surface area contributed by atoms with Gasteiger partial charge in [-0.2, -0.15) is 4.98 Å². The molecule has 0 aromatic carbocycles. The summed E-state index contributed by atoms with van der Waals surface area (Å²) in [6, 6.07) is 0. The molecule has 7 nitrogen and oxygen atoms in total. The number of nitrogens with two attached hydrogens (primary N) is 1. The van der Waals surface area contributed by atoms with Crippen LogP contribution in [0.2, 0.25) is 0 Å². The maximum atomic E-state index is 11.6. The normalized spacial score (nSPS) is 24.5. The predicted molar refractivity (Wildman–Crippen MR) is 61.1 cm³/mol. The number of nitrogens with one attached hydrogen (secondary N) is 2. The summed E-state index contributed by atoms with van der Waals surface area (Å²) < 4.78 is 0. The quantitative estimate of drug-likeness (QED) is 0.576. The highest BCUT2D eigenvalue weighted by atomic mass is 16.3. The number of aliphatic hydroxyl groups is 1. The van der Waals surface area contributed by atoms with E-state index in [0.29, 0.717) is 12.5 Å². The number of aliphatic hydroxyl groups excluding tert-OH is 1. The SMILES string of the molecule is Nc1n[nH]c(C(=O)NCC2CCCC(O)C2)n1. The Hall–Kier alpha value is -1.63. The van der Waals surface area contributed by atoms with Crippen molar-refractivity contribution >= 4 is 11.9 Å². The third-order valence-electron chi connectivity index (χ3n) is 3.02. The van der Waals surface area contributed by atoms with Crippen LogP contribution in [0.5, 0.6) is 0 Å². The second-order valence-electron chi connectivity index (χ2n) is 4.44. The van der Waals surface area contributed by atoms with E-state index in [4.69, 9.17) is 5.73 Å². The molecule has 1 saturated carbocycles. The van der Waals surface area contributed by atoms with Crippen molar-refractivity contribution < 1.29 is 9.90 Å². The van der Waals surface area contributed by atoms with E-state index in [1.165, 1.54) is 0 Å². The molecule has 2 rings (SSSR count). The molecule has 1 fully saturated rings. The van der Waals surface area contributed by atoms with Crippen LogP contribution in [0.1, 0.15) is 36.3 Å². The molecule has 1 aromatic rings. The molecule has 5 N–H and O–H groups in total. The van der Waals surface area contributed by atoms with E-state index in [1.807, 2.05) is 0 Å². The fourth-order valence-electron chi connectivity index (χ4n) is 2.15. The van der Waals surface area contributed by atoms with Crippen molar-refractivity contribution in [2.45, 2.75) is 31.8 Å². The average Bonchev–Trinajstić information content (AvgIpc) is 2.73. The molecular formula is C10H17N5O2. The lowest BCUT2D eigenvalue weighted by molar-refractivity contribution is 0.0866. The van der Waals surface area contributed by atoms with Gasteiger partial charge >= 0.3 is 0 Å². The number of nitrogens with zero attached hydrogens (tertiary/aromatic N) is 2. The number of aromatic amines is 1. The Bertz CT molecular complexity index is 392. The van der Waals surface area contributed by atoms with E-state index in [1.54, 1.807) is 0 Å². The van der Waals surface area contributed by atoms with Gasteiger partial charge in [0.15, 0.2) is 0 Å². The Morgan fingerprint density at radius 3 is 3.06 bits per heavy atom. The number of amides is 1. The molecule has 2 atom stereocenters. The van der Waals surface area contributed by atoms with Crippen LogP contribution in [0, 0.1) is 5.92 Å².